The maximum absolute atomic E-state index is 12.7. The summed E-state index contributed by atoms with van der Waals surface area (Å²) in [4.78, 5) is 28.7. The van der Waals surface area contributed by atoms with Crippen molar-refractivity contribution in [2.45, 2.75) is 32.8 Å². The minimum Gasteiger partial charge on any atom is -0.444 e. The lowest BCUT2D eigenvalue weighted by atomic mass is 9.84. The lowest BCUT2D eigenvalue weighted by molar-refractivity contribution is -0.00714. The fraction of sp³-hybridized carbons (Fsp3) is 0.579. The van der Waals surface area contributed by atoms with Crippen LogP contribution >= 0.6 is 0 Å². The molecule has 3 rings (SSSR count). The molecule has 2 fully saturated rings. The second kappa shape index (κ2) is 6.46. The van der Waals surface area contributed by atoms with E-state index in [1.807, 2.05) is 60.9 Å². The maximum atomic E-state index is 12.7. The lowest BCUT2D eigenvalue weighted by Gasteiger charge is -2.45. The van der Waals surface area contributed by atoms with Gasteiger partial charge in [0.1, 0.15) is 5.60 Å². The molecule has 2 atom stereocenters. The van der Waals surface area contributed by atoms with Crippen LogP contribution in [0.3, 0.4) is 0 Å². The van der Waals surface area contributed by atoms with Gasteiger partial charge in [0.15, 0.2) is 0 Å². The number of hydrogen-bond donors (Lipinski definition) is 0. The van der Waals surface area contributed by atoms with Crippen LogP contribution in [-0.4, -0.2) is 53.6 Å². The van der Waals surface area contributed by atoms with Crippen molar-refractivity contribution in [3.05, 3.63) is 35.9 Å². The van der Waals surface area contributed by atoms with Crippen LogP contribution in [0, 0.1) is 11.8 Å². The van der Waals surface area contributed by atoms with Crippen molar-refractivity contribution in [3.63, 3.8) is 0 Å². The molecular weight excluding hydrogens is 304 g/mol. The quantitative estimate of drug-likeness (QED) is 0.795. The molecule has 24 heavy (non-hydrogen) atoms. The molecule has 0 spiro atoms. The largest absolute Gasteiger partial charge is 0.444 e. The first-order chi connectivity index (χ1) is 11.3. The molecule has 2 bridgehead atoms. The summed E-state index contributed by atoms with van der Waals surface area (Å²) in [6.07, 6.45) is 0.845. The Kier molecular flexibility index (Phi) is 4.52. The minimum atomic E-state index is -0.473. The van der Waals surface area contributed by atoms with Gasteiger partial charge in [0, 0.05) is 31.7 Å². The molecule has 130 valence electrons. The van der Waals surface area contributed by atoms with E-state index in [0.717, 1.165) is 12.0 Å². The smallest absolute Gasteiger partial charge is 0.410 e. The highest BCUT2D eigenvalue weighted by molar-refractivity contribution is 5.94. The van der Waals surface area contributed by atoms with Crippen molar-refractivity contribution < 1.29 is 14.3 Å². The third kappa shape index (κ3) is 3.89. The Morgan fingerprint density at radius 3 is 2.04 bits per heavy atom. The number of amides is 2. The first kappa shape index (κ1) is 16.8. The standard InChI is InChI=1S/C19H26N2O3/c1-19(2,3)24-18(23)21-12-14-9-15(13-21)11-20(10-14)17(22)16-7-5-4-6-8-16/h4-8,14-15H,9-13H2,1-3H3/t14-,15+. The number of likely N-dealkylation sites (tertiary alicyclic amines) is 2. The van der Waals surface area contributed by atoms with E-state index in [1.165, 1.54) is 0 Å². The van der Waals surface area contributed by atoms with E-state index < -0.39 is 5.60 Å². The summed E-state index contributed by atoms with van der Waals surface area (Å²) < 4.78 is 5.49. The molecule has 2 heterocycles. The average Bonchev–Trinajstić information content (AvgIpc) is 2.52. The number of ether oxygens (including phenoxy) is 1. The Labute approximate surface area is 143 Å². The van der Waals surface area contributed by atoms with Crippen LogP contribution in [0.4, 0.5) is 4.79 Å². The van der Waals surface area contributed by atoms with Gasteiger partial charge in [-0.05, 0) is 51.2 Å². The van der Waals surface area contributed by atoms with Crippen LogP contribution in [0.15, 0.2) is 30.3 Å². The van der Waals surface area contributed by atoms with Gasteiger partial charge in [-0.1, -0.05) is 18.2 Å². The highest BCUT2D eigenvalue weighted by Gasteiger charge is 2.38. The summed E-state index contributed by atoms with van der Waals surface area (Å²) in [5.41, 5.74) is 0.264. The van der Waals surface area contributed by atoms with Crippen LogP contribution in [0.1, 0.15) is 37.6 Å². The fourth-order valence-corrected chi connectivity index (χ4v) is 3.69. The van der Waals surface area contributed by atoms with Gasteiger partial charge in [-0.3, -0.25) is 4.79 Å². The highest BCUT2D eigenvalue weighted by atomic mass is 16.6. The van der Waals surface area contributed by atoms with Gasteiger partial charge in [0.05, 0.1) is 0 Å². The van der Waals surface area contributed by atoms with Gasteiger partial charge >= 0.3 is 6.09 Å². The molecule has 5 heteroatoms. The van der Waals surface area contributed by atoms with E-state index in [9.17, 15) is 9.59 Å². The predicted octanol–water partition coefficient (Wildman–Crippen LogP) is 3.02. The molecule has 1 aromatic rings. The van der Waals surface area contributed by atoms with Crippen molar-refractivity contribution in [3.8, 4) is 0 Å². The number of nitrogens with zero attached hydrogens (tertiary/aromatic N) is 2. The van der Waals surface area contributed by atoms with Gasteiger partial charge < -0.3 is 14.5 Å². The fourth-order valence-electron chi connectivity index (χ4n) is 3.69. The molecule has 0 unspecified atom stereocenters. The second-order valence-electron chi connectivity index (χ2n) is 7.93. The van der Waals surface area contributed by atoms with Crippen molar-refractivity contribution >= 4 is 12.0 Å². The predicted molar refractivity (Wildman–Crippen MR) is 91.7 cm³/mol. The molecule has 0 aromatic heterocycles. The van der Waals surface area contributed by atoms with Crippen molar-refractivity contribution in [1.82, 2.24) is 9.80 Å². The summed E-state index contributed by atoms with van der Waals surface area (Å²) in [7, 11) is 0. The Bertz CT molecular complexity index is 595. The number of benzene rings is 1. The molecule has 2 amide bonds. The van der Waals surface area contributed by atoms with Gasteiger partial charge in [-0.15, -0.1) is 0 Å². The van der Waals surface area contributed by atoms with Gasteiger partial charge in [-0.2, -0.15) is 0 Å². The first-order valence-corrected chi connectivity index (χ1v) is 8.64. The number of hydrogen-bond acceptors (Lipinski definition) is 3. The number of carbonyl (C=O) groups excluding carboxylic acids is 2. The average molecular weight is 330 g/mol. The zero-order chi connectivity index (χ0) is 17.3. The minimum absolute atomic E-state index is 0.0935. The number of fused-ring (bicyclic) bond motifs is 2. The van der Waals surface area contributed by atoms with E-state index in [-0.39, 0.29) is 12.0 Å². The maximum Gasteiger partial charge on any atom is 0.410 e. The van der Waals surface area contributed by atoms with Gasteiger partial charge in [0.25, 0.3) is 5.91 Å². The van der Waals surface area contributed by atoms with E-state index in [2.05, 4.69) is 0 Å². The molecule has 1 aromatic carbocycles. The van der Waals surface area contributed by atoms with E-state index in [0.29, 0.717) is 38.0 Å². The molecule has 5 nitrogen and oxygen atoms in total. The second-order valence-corrected chi connectivity index (χ2v) is 7.93. The molecule has 0 radical (unpaired) electrons. The van der Waals surface area contributed by atoms with Crippen molar-refractivity contribution in [2.24, 2.45) is 11.8 Å². The van der Waals surface area contributed by atoms with Crippen molar-refractivity contribution in [2.75, 3.05) is 26.2 Å². The lowest BCUT2D eigenvalue weighted by Crippen LogP contribution is -2.55. The molecule has 2 saturated heterocycles. The van der Waals surface area contributed by atoms with Crippen LogP contribution in [0.25, 0.3) is 0 Å². The summed E-state index contributed by atoms with van der Waals surface area (Å²) in [5.74, 6) is 0.756. The SMILES string of the molecule is CC(C)(C)OC(=O)N1C[C@H]2C[C@@H](C1)CN(C(=O)c1ccccc1)C2. The summed E-state index contributed by atoms with van der Waals surface area (Å²) in [6, 6.07) is 9.42. The van der Waals surface area contributed by atoms with E-state index in [4.69, 9.17) is 4.74 Å². The van der Waals surface area contributed by atoms with E-state index in [1.54, 1.807) is 0 Å². The third-order valence-corrected chi connectivity index (χ3v) is 4.54. The van der Waals surface area contributed by atoms with Crippen LogP contribution in [0.5, 0.6) is 0 Å². The molecule has 0 N–H and O–H groups in total. The topological polar surface area (TPSA) is 49.9 Å². The van der Waals surface area contributed by atoms with Gasteiger partial charge in [-0.25, -0.2) is 4.79 Å². The van der Waals surface area contributed by atoms with Gasteiger partial charge in [0.2, 0.25) is 0 Å². The summed E-state index contributed by atoms with van der Waals surface area (Å²) >= 11 is 0. The highest BCUT2D eigenvalue weighted by Crippen LogP contribution is 2.30. The van der Waals surface area contributed by atoms with Crippen molar-refractivity contribution in [1.29, 1.82) is 0 Å². The summed E-state index contributed by atoms with van der Waals surface area (Å²) in [6.45, 7) is 8.42. The zero-order valence-corrected chi connectivity index (χ0v) is 14.7. The monoisotopic (exact) mass is 330 g/mol. The molecular formula is C19H26N2O3. The Morgan fingerprint density at radius 1 is 0.958 bits per heavy atom. The molecule has 2 aliphatic rings. The summed E-state index contributed by atoms with van der Waals surface area (Å²) in [5, 5.41) is 0. The Hall–Kier alpha value is -2.04. The Balaban J connectivity index is 1.63. The van der Waals surface area contributed by atoms with E-state index >= 15 is 0 Å². The van der Waals surface area contributed by atoms with Crippen LogP contribution in [-0.2, 0) is 4.74 Å². The molecule has 0 saturated carbocycles. The third-order valence-electron chi connectivity index (χ3n) is 4.54. The first-order valence-electron chi connectivity index (χ1n) is 8.64. The zero-order valence-electron chi connectivity index (χ0n) is 14.7. The molecule has 2 aliphatic heterocycles. The molecule has 0 aliphatic carbocycles. The number of piperidine rings is 2. The van der Waals surface area contributed by atoms with Crippen LogP contribution in [0.2, 0.25) is 0 Å². The number of rotatable bonds is 1. The Morgan fingerprint density at radius 2 is 1.50 bits per heavy atom. The number of carbonyl (C=O) groups is 2. The van der Waals surface area contributed by atoms with Crippen LogP contribution < -0.4 is 0 Å². The normalized spacial score (nSPS) is 23.8.